The molecule has 0 saturated heterocycles. The van der Waals surface area contributed by atoms with E-state index in [9.17, 15) is 0 Å². The van der Waals surface area contributed by atoms with Crippen LogP contribution in [0.4, 0.5) is 0 Å². The van der Waals surface area contributed by atoms with Gasteiger partial charge < -0.3 is 11.1 Å². The minimum atomic E-state index is 0. The fraction of sp³-hybridized carbons (Fsp3) is 0.636. The summed E-state index contributed by atoms with van der Waals surface area (Å²) >= 11 is 0. The number of halogens is 1. The molecule has 0 aromatic carbocycles. The summed E-state index contributed by atoms with van der Waals surface area (Å²) in [7, 11) is 3.66. The van der Waals surface area contributed by atoms with Gasteiger partial charge in [0.2, 0.25) is 0 Å². The molecule has 0 saturated carbocycles. The summed E-state index contributed by atoms with van der Waals surface area (Å²) in [5, 5.41) is 7.59. The van der Waals surface area contributed by atoms with Crippen molar-refractivity contribution in [3.63, 3.8) is 0 Å². The predicted octanol–water partition coefficient (Wildman–Crippen LogP) is 1.20. The largest absolute Gasteiger partial charge is 0.370 e. The summed E-state index contributed by atoms with van der Waals surface area (Å²) in [4.78, 5) is 3.88. The van der Waals surface area contributed by atoms with E-state index in [4.69, 9.17) is 5.73 Å². The monoisotopic (exact) mass is 351 g/mol. The van der Waals surface area contributed by atoms with Crippen molar-refractivity contribution in [2.75, 3.05) is 7.05 Å². The molecule has 0 bridgehead atoms. The number of hydrogen-bond donors (Lipinski definition) is 2. The van der Waals surface area contributed by atoms with E-state index < -0.39 is 0 Å². The number of rotatable bonds is 4. The molecule has 98 valence electrons. The summed E-state index contributed by atoms with van der Waals surface area (Å²) in [5.41, 5.74) is 9.26. The van der Waals surface area contributed by atoms with Crippen LogP contribution in [0.15, 0.2) is 4.99 Å². The van der Waals surface area contributed by atoms with Crippen LogP contribution in [-0.2, 0) is 26.4 Å². The zero-order chi connectivity index (χ0) is 12.1. The van der Waals surface area contributed by atoms with E-state index in [0.29, 0.717) is 12.5 Å². The molecule has 0 spiro atoms. The highest BCUT2D eigenvalue weighted by atomic mass is 127. The summed E-state index contributed by atoms with van der Waals surface area (Å²) < 4.78 is 1.95. The molecule has 0 unspecified atom stereocenters. The number of guanidine groups is 1. The molecule has 6 heteroatoms. The van der Waals surface area contributed by atoms with Gasteiger partial charge in [-0.1, -0.05) is 13.8 Å². The summed E-state index contributed by atoms with van der Waals surface area (Å²) in [6.45, 7) is 4.95. The lowest BCUT2D eigenvalue weighted by molar-refractivity contribution is 0.702. The second-order valence-electron chi connectivity index (χ2n) is 3.67. The van der Waals surface area contributed by atoms with Crippen molar-refractivity contribution in [2.24, 2.45) is 17.8 Å². The zero-order valence-corrected chi connectivity index (χ0v) is 13.3. The van der Waals surface area contributed by atoms with Crippen molar-refractivity contribution in [1.82, 2.24) is 15.1 Å². The van der Waals surface area contributed by atoms with Gasteiger partial charge in [-0.2, -0.15) is 5.10 Å². The maximum atomic E-state index is 5.62. The van der Waals surface area contributed by atoms with Crippen molar-refractivity contribution in [2.45, 2.75) is 33.2 Å². The van der Waals surface area contributed by atoms with Gasteiger partial charge in [0.1, 0.15) is 0 Å². The number of hydrogen-bond acceptors (Lipinski definition) is 2. The minimum Gasteiger partial charge on any atom is -0.370 e. The average Bonchev–Trinajstić information content (AvgIpc) is 2.61. The lowest BCUT2D eigenvalue weighted by Gasteiger charge is -2.07. The van der Waals surface area contributed by atoms with E-state index in [1.807, 2.05) is 11.7 Å². The van der Waals surface area contributed by atoms with Crippen molar-refractivity contribution in [1.29, 1.82) is 0 Å². The molecule has 0 amide bonds. The van der Waals surface area contributed by atoms with Crippen LogP contribution in [0.25, 0.3) is 0 Å². The molecule has 1 aromatic rings. The van der Waals surface area contributed by atoms with E-state index in [1.54, 1.807) is 7.05 Å². The van der Waals surface area contributed by atoms with Crippen LogP contribution in [0.2, 0.25) is 0 Å². The molecule has 0 aliphatic heterocycles. The third-order valence-corrected chi connectivity index (χ3v) is 2.72. The van der Waals surface area contributed by atoms with Crippen LogP contribution in [0.3, 0.4) is 0 Å². The van der Waals surface area contributed by atoms with Gasteiger partial charge in [-0.15, -0.1) is 24.0 Å². The molecule has 0 fully saturated rings. The first-order chi connectivity index (χ1) is 7.63. The third kappa shape index (κ3) is 3.86. The number of nitrogens with zero attached hydrogens (tertiary/aromatic N) is 3. The molecule has 0 radical (unpaired) electrons. The molecular weight excluding hydrogens is 329 g/mol. The van der Waals surface area contributed by atoms with Crippen molar-refractivity contribution < 1.29 is 0 Å². The Kier molecular flexibility index (Phi) is 7.17. The van der Waals surface area contributed by atoms with Gasteiger partial charge in [0.15, 0.2) is 5.96 Å². The van der Waals surface area contributed by atoms with Gasteiger partial charge >= 0.3 is 0 Å². The second kappa shape index (κ2) is 7.52. The molecule has 3 N–H and O–H groups in total. The molecular formula is C11H22IN5. The Labute approximate surface area is 120 Å². The third-order valence-electron chi connectivity index (χ3n) is 2.72. The quantitative estimate of drug-likeness (QED) is 0.487. The molecule has 0 aliphatic rings. The highest BCUT2D eigenvalue weighted by molar-refractivity contribution is 14.0. The SMILES string of the molecule is CCc1nn(C)c(CC)c1CNC(N)=NC.I. The number of aliphatic imine (C=N–C) groups is 1. The van der Waals surface area contributed by atoms with Crippen LogP contribution in [0.5, 0.6) is 0 Å². The number of aromatic nitrogens is 2. The number of nitrogens with one attached hydrogen (secondary N) is 1. The highest BCUT2D eigenvalue weighted by Crippen LogP contribution is 2.14. The highest BCUT2D eigenvalue weighted by Gasteiger charge is 2.12. The predicted molar refractivity (Wildman–Crippen MR) is 81.8 cm³/mol. The van der Waals surface area contributed by atoms with Crippen LogP contribution < -0.4 is 11.1 Å². The second-order valence-corrected chi connectivity index (χ2v) is 3.67. The molecule has 1 aromatic heterocycles. The Morgan fingerprint density at radius 2 is 2.06 bits per heavy atom. The van der Waals surface area contributed by atoms with E-state index in [1.165, 1.54) is 11.3 Å². The van der Waals surface area contributed by atoms with E-state index >= 15 is 0 Å². The van der Waals surface area contributed by atoms with Crippen LogP contribution in [-0.4, -0.2) is 22.8 Å². The van der Waals surface area contributed by atoms with Crippen LogP contribution in [0, 0.1) is 0 Å². The Balaban J connectivity index is 0.00000256. The molecule has 0 atom stereocenters. The maximum absolute atomic E-state index is 5.62. The summed E-state index contributed by atoms with van der Waals surface area (Å²) in [6, 6.07) is 0. The van der Waals surface area contributed by atoms with Crippen LogP contribution in [0.1, 0.15) is 30.8 Å². The fourth-order valence-electron chi connectivity index (χ4n) is 1.85. The van der Waals surface area contributed by atoms with Crippen LogP contribution >= 0.6 is 24.0 Å². The van der Waals surface area contributed by atoms with E-state index in [2.05, 4.69) is 29.3 Å². The van der Waals surface area contributed by atoms with Gasteiger partial charge in [0, 0.05) is 31.9 Å². The van der Waals surface area contributed by atoms with Gasteiger partial charge in [-0.25, -0.2) is 0 Å². The molecule has 1 heterocycles. The first-order valence-electron chi connectivity index (χ1n) is 5.63. The summed E-state index contributed by atoms with van der Waals surface area (Å²) in [6.07, 6.45) is 1.91. The lowest BCUT2D eigenvalue weighted by Crippen LogP contribution is -2.31. The topological polar surface area (TPSA) is 68.2 Å². The maximum Gasteiger partial charge on any atom is 0.188 e. The fourth-order valence-corrected chi connectivity index (χ4v) is 1.85. The minimum absolute atomic E-state index is 0. The van der Waals surface area contributed by atoms with Crippen molar-refractivity contribution in [3.05, 3.63) is 17.0 Å². The molecule has 0 aliphatic carbocycles. The van der Waals surface area contributed by atoms with Gasteiger partial charge in [0.05, 0.1) is 5.69 Å². The molecule has 1 rings (SSSR count). The number of nitrogens with two attached hydrogens (primary N) is 1. The molecule has 17 heavy (non-hydrogen) atoms. The Bertz CT molecular complexity index is 383. The van der Waals surface area contributed by atoms with E-state index in [0.717, 1.165) is 18.5 Å². The van der Waals surface area contributed by atoms with Crippen molar-refractivity contribution in [3.8, 4) is 0 Å². The smallest absolute Gasteiger partial charge is 0.188 e. The first-order valence-corrected chi connectivity index (χ1v) is 5.63. The zero-order valence-electron chi connectivity index (χ0n) is 10.9. The average molecular weight is 351 g/mol. The van der Waals surface area contributed by atoms with Crippen molar-refractivity contribution >= 4 is 29.9 Å². The Morgan fingerprint density at radius 1 is 1.41 bits per heavy atom. The number of aryl methyl sites for hydroxylation is 2. The molecule has 5 nitrogen and oxygen atoms in total. The Morgan fingerprint density at radius 3 is 2.53 bits per heavy atom. The standard InChI is InChI=1S/C11H21N5.HI/c1-5-9-8(7-14-11(12)13-3)10(6-2)16(4)15-9;/h5-7H2,1-4H3,(H3,12,13,14);1H. The van der Waals surface area contributed by atoms with Gasteiger partial charge in [-0.3, -0.25) is 9.67 Å². The lowest BCUT2D eigenvalue weighted by atomic mass is 10.1. The normalized spacial score (nSPS) is 11.2. The van der Waals surface area contributed by atoms with E-state index in [-0.39, 0.29) is 24.0 Å². The Hall–Kier alpha value is -0.790. The summed E-state index contributed by atoms with van der Waals surface area (Å²) in [5.74, 6) is 0.466. The van der Waals surface area contributed by atoms with Gasteiger partial charge in [0.25, 0.3) is 0 Å². The van der Waals surface area contributed by atoms with Gasteiger partial charge in [-0.05, 0) is 12.8 Å². The first kappa shape index (κ1) is 16.2.